The predicted molar refractivity (Wildman–Crippen MR) is 119 cm³/mol. The highest BCUT2D eigenvalue weighted by atomic mass is 16.5. The van der Waals surface area contributed by atoms with Crippen molar-refractivity contribution in [3.05, 3.63) is 29.3 Å². The van der Waals surface area contributed by atoms with Gasteiger partial charge in [-0.05, 0) is 50.8 Å². The maximum atomic E-state index is 12.7. The monoisotopic (exact) mass is 414 g/mol. The molecule has 0 bridgehead atoms. The van der Waals surface area contributed by atoms with Gasteiger partial charge in [0, 0.05) is 31.4 Å². The van der Waals surface area contributed by atoms with E-state index in [0.29, 0.717) is 36.7 Å². The number of hydrogen-bond acceptors (Lipinski definition) is 6. The van der Waals surface area contributed by atoms with Crippen molar-refractivity contribution in [2.75, 3.05) is 26.2 Å². The fourth-order valence-electron chi connectivity index (χ4n) is 4.52. The van der Waals surface area contributed by atoms with E-state index in [-0.39, 0.29) is 17.4 Å². The molecule has 0 spiro atoms. The highest BCUT2D eigenvalue weighted by Crippen LogP contribution is 2.36. The lowest BCUT2D eigenvalue weighted by Gasteiger charge is -2.33. The molecule has 6 nitrogen and oxygen atoms in total. The van der Waals surface area contributed by atoms with Crippen molar-refractivity contribution in [2.45, 2.75) is 70.7 Å². The molecule has 2 heterocycles. The Morgan fingerprint density at radius 3 is 2.73 bits per heavy atom. The van der Waals surface area contributed by atoms with Gasteiger partial charge in [-0.3, -0.25) is 14.5 Å². The molecule has 0 unspecified atom stereocenters. The first-order valence-corrected chi connectivity index (χ1v) is 11.4. The van der Waals surface area contributed by atoms with Gasteiger partial charge in [0.2, 0.25) is 0 Å². The Kier molecular flexibility index (Phi) is 8.48. The maximum absolute atomic E-state index is 12.7. The van der Waals surface area contributed by atoms with E-state index >= 15 is 0 Å². The average Bonchev–Trinajstić information content (AvgIpc) is 2.72. The standard InChI is InChI=1S/C23H35BN2O4/c1-3-4-5-11-25-20-9-12-26(13-10-20)16-21(28)15-19-14-18-7-6-8-22(17(2)27)23(18)30-24(19)29/h6-8,19-20,25,29H,3-5,9-16H2,1-2H3/t19-/m1/s1. The minimum absolute atomic E-state index is 0.0863. The predicted octanol–water partition coefficient (Wildman–Crippen LogP) is 2.88. The van der Waals surface area contributed by atoms with Crippen molar-refractivity contribution in [1.29, 1.82) is 0 Å². The van der Waals surface area contributed by atoms with Crippen LogP contribution in [0, 0.1) is 0 Å². The number of fused-ring (bicyclic) bond motifs is 1. The minimum Gasteiger partial charge on any atom is -0.535 e. The molecule has 0 aliphatic carbocycles. The van der Waals surface area contributed by atoms with E-state index in [4.69, 9.17) is 4.65 Å². The van der Waals surface area contributed by atoms with E-state index in [0.717, 1.165) is 38.0 Å². The molecule has 2 aliphatic rings. The fraction of sp³-hybridized carbons (Fsp3) is 0.652. The molecular weight excluding hydrogens is 379 g/mol. The van der Waals surface area contributed by atoms with Gasteiger partial charge < -0.3 is 15.0 Å². The van der Waals surface area contributed by atoms with E-state index in [1.165, 1.54) is 26.2 Å². The number of piperidine rings is 1. The summed E-state index contributed by atoms with van der Waals surface area (Å²) in [6.45, 7) is 7.11. The zero-order valence-corrected chi connectivity index (χ0v) is 18.4. The number of carbonyl (C=O) groups excluding carboxylic acids is 2. The summed E-state index contributed by atoms with van der Waals surface area (Å²) in [5.74, 6) is 0.250. The third kappa shape index (κ3) is 6.16. The summed E-state index contributed by atoms with van der Waals surface area (Å²) in [7, 11) is -1.06. The van der Waals surface area contributed by atoms with Crippen LogP contribution >= 0.6 is 0 Å². The van der Waals surface area contributed by atoms with E-state index in [2.05, 4.69) is 17.1 Å². The number of unbranched alkanes of at least 4 members (excludes halogenated alkanes) is 2. The molecule has 0 amide bonds. The number of para-hydroxylation sites is 1. The molecule has 2 N–H and O–H groups in total. The van der Waals surface area contributed by atoms with Gasteiger partial charge in [0.05, 0.1) is 12.1 Å². The normalized spacial score (nSPS) is 20.0. The number of benzene rings is 1. The molecule has 7 heteroatoms. The van der Waals surface area contributed by atoms with Gasteiger partial charge >= 0.3 is 7.12 Å². The lowest BCUT2D eigenvalue weighted by molar-refractivity contribution is -0.120. The average molecular weight is 414 g/mol. The highest BCUT2D eigenvalue weighted by Gasteiger charge is 2.37. The third-order valence-electron chi connectivity index (χ3n) is 6.29. The van der Waals surface area contributed by atoms with Gasteiger partial charge in [0.15, 0.2) is 5.78 Å². The molecule has 3 rings (SSSR count). The van der Waals surface area contributed by atoms with Crippen molar-refractivity contribution in [2.24, 2.45) is 0 Å². The molecule has 1 aromatic carbocycles. The summed E-state index contributed by atoms with van der Waals surface area (Å²) in [5, 5.41) is 14.1. The smallest absolute Gasteiger partial charge is 0.526 e. The van der Waals surface area contributed by atoms with Crippen molar-refractivity contribution >= 4 is 18.7 Å². The largest absolute Gasteiger partial charge is 0.535 e. The van der Waals surface area contributed by atoms with Crippen LogP contribution in [0.5, 0.6) is 5.75 Å². The fourth-order valence-corrected chi connectivity index (χ4v) is 4.52. The van der Waals surface area contributed by atoms with Crippen LogP contribution in [-0.2, 0) is 11.2 Å². The first-order valence-electron chi connectivity index (χ1n) is 11.4. The molecule has 0 saturated carbocycles. The maximum Gasteiger partial charge on any atom is 0.526 e. The molecule has 2 aliphatic heterocycles. The second kappa shape index (κ2) is 11.1. The quantitative estimate of drug-likeness (QED) is 0.348. The number of hydrogen-bond donors (Lipinski definition) is 2. The Bertz CT molecular complexity index is 734. The van der Waals surface area contributed by atoms with Crippen LogP contribution in [-0.4, -0.2) is 60.8 Å². The van der Waals surface area contributed by atoms with Crippen molar-refractivity contribution in [1.82, 2.24) is 10.2 Å². The topological polar surface area (TPSA) is 78.9 Å². The first-order chi connectivity index (χ1) is 14.5. The van der Waals surface area contributed by atoms with Crippen molar-refractivity contribution in [3.8, 4) is 5.75 Å². The van der Waals surface area contributed by atoms with Crippen LogP contribution in [0.2, 0.25) is 5.82 Å². The molecule has 1 aromatic rings. The molecule has 1 saturated heterocycles. The molecule has 164 valence electrons. The summed E-state index contributed by atoms with van der Waals surface area (Å²) in [6, 6.07) is 6.01. The van der Waals surface area contributed by atoms with Gasteiger partial charge in [-0.15, -0.1) is 0 Å². The first kappa shape index (κ1) is 23.0. The zero-order chi connectivity index (χ0) is 21.5. The third-order valence-corrected chi connectivity index (χ3v) is 6.29. The van der Waals surface area contributed by atoms with Gasteiger partial charge in [-0.25, -0.2) is 0 Å². The highest BCUT2D eigenvalue weighted by molar-refractivity contribution is 6.47. The van der Waals surface area contributed by atoms with Crippen LogP contribution in [0.4, 0.5) is 0 Å². The van der Waals surface area contributed by atoms with Crippen LogP contribution in [0.3, 0.4) is 0 Å². The van der Waals surface area contributed by atoms with Crippen LogP contribution < -0.4 is 9.97 Å². The van der Waals surface area contributed by atoms with Gasteiger partial charge in [-0.1, -0.05) is 31.9 Å². The molecular formula is C23H35BN2O4. The Labute approximate surface area is 180 Å². The van der Waals surface area contributed by atoms with Crippen LogP contribution in [0.25, 0.3) is 0 Å². The molecule has 0 aromatic heterocycles. The zero-order valence-electron chi connectivity index (χ0n) is 18.4. The second-order valence-electron chi connectivity index (χ2n) is 8.78. The van der Waals surface area contributed by atoms with Crippen LogP contribution in [0.1, 0.15) is 68.3 Å². The second-order valence-corrected chi connectivity index (χ2v) is 8.78. The molecule has 30 heavy (non-hydrogen) atoms. The number of nitrogens with zero attached hydrogens (tertiary/aromatic N) is 1. The van der Waals surface area contributed by atoms with E-state index in [1.807, 2.05) is 12.1 Å². The Balaban J connectivity index is 1.45. The van der Waals surface area contributed by atoms with Crippen LogP contribution in [0.15, 0.2) is 18.2 Å². The lowest BCUT2D eigenvalue weighted by Crippen LogP contribution is -2.45. The summed E-state index contributed by atoms with van der Waals surface area (Å²) in [4.78, 5) is 26.7. The number of carbonyl (C=O) groups is 2. The van der Waals surface area contributed by atoms with Crippen molar-refractivity contribution in [3.63, 3.8) is 0 Å². The Morgan fingerprint density at radius 1 is 1.27 bits per heavy atom. The minimum atomic E-state index is -1.06. The van der Waals surface area contributed by atoms with Gasteiger partial charge in [0.1, 0.15) is 11.5 Å². The van der Waals surface area contributed by atoms with E-state index < -0.39 is 7.12 Å². The summed E-state index contributed by atoms with van der Waals surface area (Å²) >= 11 is 0. The number of ketones is 2. The summed E-state index contributed by atoms with van der Waals surface area (Å²) in [6.07, 6.45) is 6.75. The van der Waals surface area contributed by atoms with E-state index in [1.54, 1.807) is 6.07 Å². The Hall–Kier alpha value is -1.70. The molecule has 1 atom stereocenters. The SMILES string of the molecule is CCCCCNC1CCN(CC(=O)C[C@H]2Cc3cccc(C(C)=O)c3OB2O)CC1. The number of nitrogens with one attached hydrogen (secondary N) is 1. The van der Waals surface area contributed by atoms with Crippen molar-refractivity contribution < 1.29 is 19.3 Å². The Morgan fingerprint density at radius 2 is 2.03 bits per heavy atom. The van der Waals surface area contributed by atoms with Gasteiger partial charge in [-0.2, -0.15) is 0 Å². The lowest BCUT2D eigenvalue weighted by atomic mass is 9.64. The number of rotatable bonds is 10. The van der Waals surface area contributed by atoms with Gasteiger partial charge in [0.25, 0.3) is 0 Å². The summed E-state index contributed by atoms with van der Waals surface area (Å²) < 4.78 is 5.66. The molecule has 0 radical (unpaired) electrons. The van der Waals surface area contributed by atoms with E-state index in [9.17, 15) is 14.6 Å². The number of likely N-dealkylation sites (tertiary alicyclic amines) is 1. The summed E-state index contributed by atoms with van der Waals surface area (Å²) in [5.41, 5.74) is 1.38. The molecule has 1 fully saturated rings. The number of Topliss-reactive ketones (excluding diaryl/α,β-unsaturated/α-hetero) is 2.